The van der Waals surface area contributed by atoms with Gasteiger partial charge >= 0.3 is 5.97 Å². The number of carbonyl (C=O) groups excluding carboxylic acids is 1. The van der Waals surface area contributed by atoms with Gasteiger partial charge in [-0.15, -0.1) is 0 Å². The van der Waals surface area contributed by atoms with Gasteiger partial charge in [0.15, 0.2) is 0 Å². The van der Waals surface area contributed by atoms with Crippen molar-refractivity contribution in [2.75, 3.05) is 7.11 Å². The van der Waals surface area contributed by atoms with Gasteiger partial charge in [0.1, 0.15) is 0 Å². The van der Waals surface area contributed by atoms with Crippen LogP contribution >= 0.6 is 0 Å². The van der Waals surface area contributed by atoms with E-state index < -0.39 is 5.97 Å². The number of aromatic nitrogens is 2. The van der Waals surface area contributed by atoms with E-state index in [-0.39, 0.29) is 5.56 Å². The zero-order chi connectivity index (χ0) is 14.9. The number of hydrogen-bond donors (Lipinski definition) is 0. The van der Waals surface area contributed by atoms with Crippen LogP contribution in [-0.4, -0.2) is 22.6 Å². The molecule has 0 radical (unpaired) electrons. The van der Waals surface area contributed by atoms with E-state index in [1.54, 1.807) is 17.7 Å². The normalized spacial score (nSPS) is 10.4. The molecule has 0 bridgehead atoms. The van der Waals surface area contributed by atoms with Crippen LogP contribution in [0, 0.1) is 13.8 Å². The van der Waals surface area contributed by atoms with Crippen LogP contribution in [0.25, 0.3) is 11.1 Å². The molecule has 0 N–H and O–H groups in total. The van der Waals surface area contributed by atoms with Crippen molar-refractivity contribution in [1.29, 1.82) is 0 Å². The third-order valence-corrected chi connectivity index (χ3v) is 3.35. The minimum absolute atomic E-state index is 0.0864. The van der Waals surface area contributed by atoms with Gasteiger partial charge in [-0.3, -0.25) is 9.78 Å². The van der Waals surface area contributed by atoms with Crippen LogP contribution in [-0.2, 0) is 11.8 Å². The molecule has 2 heterocycles. The van der Waals surface area contributed by atoms with Gasteiger partial charge in [0.25, 0.3) is 0 Å². The van der Waals surface area contributed by atoms with Gasteiger partial charge in [0, 0.05) is 41.8 Å². The number of carbonyl (C=O) groups is 1. The maximum absolute atomic E-state index is 11.9. The van der Waals surface area contributed by atoms with Crippen LogP contribution in [0.1, 0.15) is 21.7 Å². The Morgan fingerprint density at radius 3 is 2.60 bits per heavy atom. The van der Waals surface area contributed by atoms with Gasteiger partial charge in [0.2, 0.25) is 5.56 Å². The summed E-state index contributed by atoms with van der Waals surface area (Å²) in [5, 5.41) is 0. The molecule has 0 aliphatic heterocycles. The number of hydrogen-bond acceptors (Lipinski definition) is 4. The molecule has 0 atom stereocenters. The van der Waals surface area contributed by atoms with Crippen LogP contribution in [0.5, 0.6) is 0 Å². The largest absolute Gasteiger partial charge is 0.465 e. The van der Waals surface area contributed by atoms with Gasteiger partial charge in [-0.1, -0.05) is 0 Å². The Kier molecular flexibility index (Phi) is 3.70. The van der Waals surface area contributed by atoms with Gasteiger partial charge in [-0.05, 0) is 26.0 Å². The Morgan fingerprint density at radius 2 is 1.95 bits per heavy atom. The van der Waals surface area contributed by atoms with E-state index in [1.807, 2.05) is 19.9 Å². The smallest absolute Gasteiger partial charge is 0.340 e. The first-order chi connectivity index (χ1) is 9.45. The fourth-order valence-corrected chi connectivity index (χ4v) is 2.07. The summed E-state index contributed by atoms with van der Waals surface area (Å²) < 4.78 is 6.33. The monoisotopic (exact) mass is 272 g/mol. The SMILES string of the molecule is COC(=O)c1cnc(C)cc1-c1ccc(=O)n(C)c1C. The summed E-state index contributed by atoms with van der Waals surface area (Å²) in [4.78, 5) is 27.6. The van der Waals surface area contributed by atoms with E-state index in [0.717, 1.165) is 22.5 Å². The van der Waals surface area contributed by atoms with Crippen molar-refractivity contribution in [2.24, 2.45) is 7.05 Å². The maximum atomic E-state index is 11.9. The van der Waals surface area contributed by atoms with Crippen LogP contribution in [0.3, 0.4) is 0 Å². The van der Waals surface area contributed by atoms with Crippen LogP contribution in [0.4, 0.5) is 0 Å². The number of esters is 1. The lowest BCUT2D eigenvalue weighted by Gasteiger charge is -2.13. The van der Waals surface area contributed by atoms with E-state index >= 15 is 0 Å². The standard InChI is InChI=1S/C15H16N2O3/c1-9-7-12(13(8-16-9)15(19)20-4)11-5-6-14(18)17(3)10(11)2/h5-8H,1-4H3. The average molecular weight is 272 g/mol. The number of ether oxygens (including phenoxy) is 1. The number of aryl methyl sites for hydroxylation is 1. The molecule has 2 rings (SSSR count). The van der Waals surface area contributed by atoms with E-state index in [2.05, 4.69) is 4.98 Å². The lowest BCUT2D eigenvalue weighted by atomic mass is 9.99. The van der Waals surface area contributed by atoms with Gasteiger partial charge < -0.3 is 9.30 Å². The van der Waals surface area contributed by atoms with Crippen LogP contribution in [0.15, 0.2) is 29.2 Å². The van der Waals surface area contributed by atoms with Crippen molar-refractivity contribution >= 4 is 5.97 Å². The van der Waals surface area contributed by atoms with Crippen molar-refractivity contribution in [3.05, 3.63) is 51.7 Å². The number of rotatable bonds is 2. The van der Waals surface area contributed by atoms with Crippen LogP contribution in [0.2, 0.25) is 0 Å². The molecule has 104 valence electrons. The Bertz CT molecular complexity index is 732. The molecule has 0 amide bonds. The van der Waals surface area contributed by atoms with Crippen molar-refractivity contribution in [3.63, 3.8) is 0 Å². The van der Waals surface area contributed by atoms with Crippen LogP contribution < -0.4 is 5.56 Å². The van der Waals surface area contributed by atoms with E-state index in [0.29, 0.717) is 5.56 Å². The molecule has 0 aromatic carbocycles. The quantitative estimate of drug-likeness (QED) is 0.783. The Hall–Kier alpha value is -2.43. The zero-order valence-corrected chi connectivity index (χ0v) is 11.9. The van der Waals surface area contributed by atoms with Gasteiger partial charge in [-0.2, -0.15) is 0 Å². The third-order valence-electron chi connectivity index (χ3n) is 3.35. The average Bonchev–Trinajstić information content (AvgIpc) is 2.44. The lowest BCUT2D eigenvalue weighted by Crippen LogP contribution is -2.18. The third kappa shape index (κ3) is 2.34. The molecule has 0 saturated carbocycles. The minimum Gasteiger partial charge on any atom is -0.465 e. The highest BCUT2D eigenvalue weighted by Gasteiger charge is 2.16. The molecular formula is C15H16N2O3. The molecule has 5 heteroatoms. The van der Waals surface area contributed by atoms with E-state index in [9.17, 15) is 9.59 Å². The Morgan fingerprint density at radius 1 is 1.25 bits per heavy atom. The first-order valence-electron chi connectivity index (χ1n) is 6.17. The highest BCUT2D eigenvalue weighted by atomic mass is 16.5. The highest BCUT2D eigenvalue weighted by Crippen LogP contribution is 2.26. The number of pyridine rings is 2. The highest BCUT2D eigenvalue weighted by molar-refractivity contribution is 5.97. The first-order valence-corrected chi connectivity index (χ1v) is 6.17. The second-order valence-corrected chi connectivity index (χ2v) is 4.59. The zero-order valence-electron chi connectivity index (χ0n) is 11.9. The van der Waals surface area contributed by atoms with Crippen molar-refractivity contribution in [1.82, 2.24) is 9.55 Å². The molecule has 2 aromatic rings. The summed E-state index contributed by atoms with van der Waals surface area (Å²) in [5.41, 5.74) is 3.42. The molecule has 0 saturated heterocycles. The summed E-state index contributed by atoms with van der Waals surface area (Å²) >= 11 is 0. The number of nitrogens with zero attached hydrogens (tertiary/aromatic N) is 2. The molecule has 0 spiro atoms. The second-order valence-electron chi connectivity index (χ2n) is 4.59. The van der Waals surface area contributed by atoms with Gasteiger partial charge in [0.05, 0.1) is 12.7 Å². The molecule has 0 fully saturated rings. The fraction of sp³-hybridized carbons (Fsp3) is 0.267. The molecular weight excluding hydrogens is 256 g/mol. The van der Waals surface area contributed by atoms with Gasteiger partial charge in [-0.25, -0.2) is 4.79 Å². The first kappa shape index (κ1) is 14.0. The van der Waals surface area contributed by atoms with Crippen molar-refractivity contribution in [2.45, 2.75) is 13.8 Å². The molecule has 5 nitrogen and oxygen atoms in total. The molecule has 20 heavy (non-hydrogen) atoms. The van der Waals surface area contributed by atoms with E-state index in [4.69, 9.17) is 4.74 Å². The molecule has 2 aromatic heterocycles. The molecule has 0 unspecified atom stereocenters. The molecule has 0 aliphatic carbocycles. The van der Waals surface area contributed by atoms with Crippen molar-refractivity contribution in [3.8, 4) is 11.1 Å². The fourth-order valence-electron chi connectivity index (χ4n) is 2.07. The minimum atomic E-state index is -0.444. The predicted octanol–water partition coefficient (Wildman–Crippen LogP) is 1.85. The summed E-state index contributed by atoms with van der Waals surface area (Å²) in [6.07, 6.45) is 1.50. The summed E-state index contributed by atoms with van der Waals surface area (Å²) in [5.74, 6) is -0.444. The Balaban J connectivity index is 2.75. The molecule has 0 aliphatic rings. The number of methoxy groups -OCH3 is 1. The predicted molar refractivity (Wildman–Crippen MR) is 75.7 cm³/mol. The van der Waals surface area contributed by atoms with Crippen molar-refractivity contribution < 1.29 is 9.53 Å². The lowest BCUT2D eigenvalue weighted by molar-refractivity contribution is 0.0601. The van der Waals surface area contributed by atoms with E-state index in [1.165, 1.54) is 19.4 Å². The maximum Gasteiger partial charge on any atom is 0.340 e. The Labute approximate surface area is 116 Å². The summed E-state index contributed by atoms with van der Waals surface area (Å²) in [6.45, 7) is 3.69. The second kappa shape index (κ2) is 5.28. The topological polar surface area (TPSA) is 61.2 Å². The summed E-state index contributed by atoms with van der Waals surface area (Å²) in [6, 6.07) is 5.02. The summed E-state index contributed by atoms with van der Waals surface area (Å²) in [7, 11) is 3.03.